The SMILES string of the molecule is CC(C)NC(=S)NC1C=CS(=O)(=O)C1. The number of sulfone groups is 1. The van der Waals surface area contributed by atoms with Crippen molar-refractivity contribution in [1.82, 2.24) is 10.6 Å². The molecule has 0 amide bonds. The molecule has 0 saturated carbocycles. The van der Waals surface area contributed by atoms with E-state index in [4.69, 9.17) is 12.2 Å². The van der Waals surface area contributed by atoms with Crippen LogP contribution in [-0.2, 0) is 9.84 Å². The van der Waals surface area contributed by atoms with Gasteiger partial charge in [-0.05, 0) is 32.1 Å². The zero-order valence-electron chi connectivity index (χ0n) is 8.15. The Morgan fingerprint density at radius 3 is 2.64 bits per heavy atom. The van der Waals surface area contributed by atoms with Crippen LogP contribution < -0.4 is 10.6 Å². The minimum Gasteiger partial charge on any atom is -0.361 e. The maximum Gasteiger partial charge on any atom is 0.173 e. The molecule has 4 nitrogen and oxygen atoms in total. The molecule has 1 heterocycles. The third-order valence-corrected chi connectivity index (χ3v) is 3.30. The third kappa shape index (κ3) is 3.63. The normalized spacial score (nSPS) is 23.8. The summed E-state index contributed by atoms with van der Waals surface area (Å²) >= 11 is 4.99. The lowest BCUT2D eigenvalue weighted by Crippen LogP contribution is -2.44. The summed E-state index contributed by atoms with van der Waals surface area (Å²) in [5.74, 6) is 0.0902. The van der Waals surface area contributed by atoms with Gasteiger partial charge in [-0.3, -0.25) is 0 Å². The lowest BCUT2D eigenvalue weighted by Gasteiger charge is -2.16. The van der Waals surface area contributed by atoms with Crippen LogP contribution in [0.5, 0.6) is 0 Å². The maximum atomic E-state index is 11.1. The Labute approximate surface area is 89.7 Å². The van der Waals surface area contributed by atoms with E-state index in [1.54, 1.807) is 6.08 Å². The van der Waals surface area contributed by atoms with E-state index in [-0.39, 0.29) is 17.8 Å². The van der Waals surface area contributed by atoms with Crippen LogP contribution in [0.4, 0.5) is 0 Å². The fraction of sp³-hybridized carbons (Fsp3) is 0.625. The zero-order valence-corrected chi connectivity index (χ0v) is 9.78. The van der Waals surface area contributed by atoms with Crippen molar-refractivity contribution in [2.24, 2.45) is 0 Å². The van der Waals surface area contributed by atoms with Gasteiger partial charge < -0.3 is 10.6 Å². The molecule has 0 spiro atoms. The Bertz CT molecular complexity index is 346. The highest BCUT2D eigenvalue weighted by Crippen LogP contribution is 2.07. The van der Waals surface area contributed by atoms with Gasteiger partial charge >= 0.3 is 0 Å². The quantitative estimate of drug-likeness (QED) is 0.667. The molecule has 0 aromatic heterocycles. The van der Waals surface area contributed by atoms with Gasteiger partial charge in [-0.25, -0.2) is 8.42 Å². The molecule has 0 aromatic carbocycles. The first-order valence-electron chi connectivity index (χ1n) is 4.37. The summed E-state index contributed by atoms with van der Waals surface area (Å²) in [4.78, 5) is 0. The molecule has 14 heavy (non-hydrogen) atoms. The van der Waals surface area contributed by atoms with E-state index in [0.717, 1.165) is 0 Å². The molecular formula is C8H14N2O2S2. The van der Waals surface area contributed by atoms with Gasteiger partial charge in [-0.1, -0.05) is 0 Å². The predicted molar refractivity (Wildman–Crippen MR) is 60.7 cm³/mol. The number of hydrogen-bond acceptors (Lipinski definition) is 3. The van der Waals surface area contributed by atoms with Crippen LogP contribution in [0, 0.1) is 0 Å². The molecule has 0 aromatic rings. The monoisotopic (exact) mass is 234 g/mol. The van der Waals surface area contributed by atoms with Gasteiger partial charge in [0, 0.05) is 11.4 Å². The number of nitrogens with one attached hydrogen (secondary N) is 2. The van der Waals surface area contributed by atoms with E-state index in [1.165, 1.54) is 5.41 Å². The average molecular weight is 234 g/mol. The molecule has 1 aliphatic rings. The molecule has 1 atom stereocenters. The molecule has 0 bridgehead atoms. The third-order valence-electron chi connectivity index (χ3n) is 1.67. The van der Waals surface area contributed by atoms with Gasteiger partial charge in [0.05, 0.1) is 11.8 Å². The van der Waals surface area contributed by atoms with Crippen LogP contribution in [0.2, 0.25) is 0 Å². The second-order valence-corrected chi connectivity index (χ2v) is 5.88. The average Bonchev–Trinajstić information content (AvgIpc) is 2.27. The van der Waals surface area contributed by atoms with Gasteiger partial charge in [-0.2, -0.15) is 0 Å². The molecule has 80 valence electrons. The largest absolute Gasteiger partial charge is 0.361 e. The van der Waals surface area contributed by atoms with Crippen molar-refractivity contribution in [3.8, 4) is 0 Å². The van der Waals surface area contributed by atoms with E-state index >= 15 is 0 Å². The lowest BCUT2D eigenvalue weighted by molar-refractivity contribution is 0.602. The summed E-state index contributed by atoms with van der Waals surface area (Å²) in [5.41, 5.74) is 0. The molecule has 6 heteroatoms. The van der Waals surface area contributed by atoms with Crippen molar-refractivity contribution >= 4 is 27.2 Å². The summed E-state index contributed by atoms with van der Waals surface area (Å²) < 4.78 is 22.1. The second kappa shape index (κ2) is 4.27. The maximum absolute atomic E-state index is 11.1. The molecule has 1 aliphatic heterocycles. The zero-order chi connectivity index (χ0) is 10.8. The molecule has 1 rings (SSSR count). The molecule has 0 radical (unpaired) electrons. The van der Waals surface area contributed by atoms with Crippen molar-refractivity contribution in [3.05, 3.63) is 11.5 Å². The van der Waals surface area contributed by atoms with Crippen LogP contribution >= 0.6 is 12.2 Å². The van der Waals surface area contributed by atoms with Crippen molar-refractivity contribution in [3.63, 3.8) is 0 Å². The highest BCUT2D eigenvalue weighted by molar-refractivity contribution is 7.94. The molecule has 2 N–H and O–H groups in total. The highest BCUT2D eigenvalue weighted by Gasteiger charge is 2.21. The van der Waals surface area contributed by atoms with Crippen LogP contribution in [0.3, 0.4) is 0 Å². The number of rotatable bonds is 2. The minimum absolute atomic E-state index is 0.0902. The van der Waals surface area contributed by atoms with Gasteiger partial charge in [0.2, 0.25) is 0 Å². The summed E-state index contributed by atoms with van der Waals surface area (Å²) in [6, 6.07) is 0.0516. The first-order valence-corrected chi connectivity index (χ1v) is 6.49. The fourth-order valence-electron chi connectivity index (χ4n) is 1.14. The second-order valence-electron chi connectivity index (χ2n) is 3.54. The summed E-state index contributed by atoms with van der Waals surface area (Å²) in [6.45, 7) is 3.93. The van der Waals surface area contributed by atoms with Crippen LogP contribution in [0.25, 0.3) is 0 Å². The van der Waals surface area contributed by atoms with E-state index in [0.29, 0.717) is 5.11 Å². The first kappa shape index (κ1) is 11.5. The smallest absolute Gasteiger partial charge is 0.173 e. The van der Waals surface area contributed by atoms with Crippen molar-refractivity contribution in [2.45, 2.75) is 25.9 Å². The standard InChI is InChI=1S/C8H14N2O2S2/c1-6(2)9-8(13)10-7-3-4-14(11,12)5-7/h3-4,6-7H,5H2,1-2H3,(H2,9,10,13). The van der Waals surface area contributed by atoms with E-state index in [9.17, 15) is 8.42 Å². The van der Waals surface area contributed by atoms with Crippen molar-refractivity contribution in [2.75, 3.05) is 5.75 Å². The topological polar surface area (TPSA) is 58.2 Å². The highest BCUT2D eigenvalue weighted by atomic mass is 32.2. The Morgan fingerprint density at radius 2 is 2.21 bits per heavy atom. The van der Waals surface area contributed by atoms with Crippen LogP contribution in [0.1, 0.15) is 13.8 Å². The molecule has 0 fully saturated rings. The molecule has 1 unspecified atom stereocenters. The van der Waals surface area contributed by atoms with Gasteiger partial charge in [0.1, 0.15) is 0 Å². The van der Waals surface area contributed by atoms with Gasteiger partial charge in [-0.15, -0.1) is 0 Å². The fourth-order valence-corrected chi connectivity index (χ4v) is 2.76. The van der Waals surface area contributed by atoms with Crippen LogP contribution in [0.15, 0.2) is 11.5 Å². The Morgan fingerprint density at radius 1 is 1.57 bits per heavy atom. The summed E-state index contributed by atoms with van der Waals surface area (Å²) in [5, 5.41) is 7.63. The number of hydrogen-bond donors (Lipinski definition) is 2. The van der Waals surface area contributed by atoms with Gasteiger partial charge in [0.15, 0.2) is 14.9 Å². The molecule has 0 aliphatic carbocycles. The van der Waals surface area contributed by atoms with E-state index in [1.807, 2.05) is 13.8 Å². The minimum atomic E-state index is -3.00. The van der Waals surface area contributed by atoms with E-state index in [2.05, 4.69) is 10.6 Å². The number of thiocarbonyl (C=S) groups is 1. The summed E-state index contributed by atoms with van der Waals surface area (Å²) in [7, 11) is -3.00. The molecule has 0 saturated heterocycles. The van der Waals surface area contributed by atoms with Crippen molar-refractivity contribution < 1.29 is 8.42 Å². The first-order chi connectivity index (χ1) is 6.39. The Kier molecular flexibility index (Phi) is 3.49. The molecular weight excluding hydrogens is 220 g/mol. The van der Waals surface area contributed by atoms with Crippen LogP contribution in [-0.4, -0.2) is 31.4 Å². The lowest BCUT2D eigenvalue weighted by atomic mass is 10.3. The predicted octanol–water partition coefficient (Wildman–Crippen LogP) is 0.170. The van der Waals surface area contributed by atoms with Gasteiger partial charge in [0.25, 0.3) is 0 Å². The Balaban J connectivity index is 2.41. The van der Waals surface area contributed by atoms with E-state index < -0.39 is 9.84 Å². The van der Waals surface area contributed by atoms with Crippen molar-refractivity contribution in [1.29, 1.82) is 0 Å². The summed E-state index contributed by atoms with van der Waals surface area (Å²) in [6.07, 6.45) is 1.61. The Hall–Kier alpha value is -0.620.